The standard InChI is InChI=1S/C21H16FN3O4/c22-17-5-2-4-16(12-17)21(27)24-18-6-1-3-14(11-18)13-23-20(26)15-7-9-19(10-8-15)25(28)29/h1-12H,13H2,(H,23,26)(H,24,27). The molecule has 0 radical (unpaired) electrons. The Bertz CT molecular complexity index is 1070. The fourth-order valence-corrected chi connectivity index (χ4v) is 2.61. The van der Waals surface area contributed by atoms with E-state index in [1.54, 1.807) is 24.3 Å². The van der Waals surface area contributed by atoms with Gasteiger partial charge in [-0.2, -0.15) is 0 Å². The van der Waals surface area contributed by atoms with Crippen LogP contribution in [0.3, 0.4) is 0 Å². The molecule has 0 aliphatic rings. The Morgan fingerprint density at radius 2 is 1.62 bits per heavy atom. The summed E-state index contributed by atoms with van der Waals surface area (Å²) in [6.07, 6.45) is 0. The number of carbonyl (C=O) groups is 2. The highest BCUT2D eigenvalue weighted by Gasteiger charge is 2.10. The number of rotatable bonds is 6. The number of hydrogen-bond acceptors (Lipinski definition) is 4. The van der Waals surface area contributed by atoms with Crippen molar-refractivity contribution in [2.45, 2.75) is 6.54 Å². The van der Waals surface area contributed by atoms with Crippen molar-refractivity contribution in [2.24, 2.45) is 0 Å². The lowest BCUT2D eigenvalue weighted by Crippen LogP contribution is -2.22. The number of nitro benzene ring substituents is 1. The van der Waals surface area contributed by atoms with Crippen molar-refractivity contribution in [3.8, 4) is 0 Å². The minimum atomic E-state index is -0.536. The largest absolute Gasteiger partial charge is 0.348 e. The third kappa shape index (κ3) is 5.23. The van der Waals surface area contributed by atoms with Crippen molar-refractivity contribution in [3.05, 3.63) is 105 Å². The molecule has 0 heterocycles. The van der Waals surface area contributed by atoms with E-state index in [0.29, 0.717) is 11.3 Å². The van der Waals surface area contributed by atoms with Crippen LogP contribution in [0.25, 0.3) is 0 Å². The third-order valence-electron chi connectivity index (χ3n) is 4.07. The van der Waals surface area contributed by atoms with E-state index in [1.165, 1.54) is 42.5 Å². The topological polar surface area (TPSA) is 101 Å². The van der Waals surface area contributed by atoms with E-state index in [4.69, 9.17) is 0 Å². The van der Waals surface area contributed by atoms with Gasteiger partial charge in [-0.15, -0.1) is 0 Å². The summed E-state index contributed by atoms with van der Waals surface area (Å²) in [5, 5.41) is 16.1. The molecular weight excluding hydrogens is 377 g/mol. The van der Waals surface area contributed by atoms with Crippen LogP contribution >= 0.6 is 0 Å². The third-order valence-corrected chi connectivity index (χ3v) is 4.07. The van der Waals surface area contributed by atoms with Gasteiger partial charge in [-0.1, -0.05) is 18.2 Å². The second kappa shape index (κ2) is 8.75. The molecule has 0 fully saturated rings. The van der Waals surface area contributed by atoms with E-state index >= 15 is 0 Å². The number of nitrogens with zero attached hydrogens (tertiary/aromatic N) is 1. The van der Waals surface area contributed by atoms with Gasteiger partial charge in [-0.25, -0.2) is 4.39 Å². The molecule has 0 spiro atoms. The summed E-state index contributed by atoms with van der Waals surface area (Å²) in [6.45, 7) is 0.194. The van der Waals surface area contributed by atoms with Gasteiger partial charge in [0.1, 0.15) is 5.82 Å². The van der Waals surface area contributed by atoms with Crippen LogP contribution in [0, 0.1) is 15.9 Å². The van der Waals surface area contributed by atoms with Crippen LogP contribution in [0.1, 0.15) is 26.3 Å². The molecule has 8 heteroatoms. The quantitative estimate of drug-likeness (QED) is 0.490. The first-order valence-corrected chi connectivity index (χ1v) is 8.61. The van der Waals surface area contributed by atoms with Crippen LogP contribution in [0.15, 0.2) is 72.8 Å². The van der Waals surface area contributed by atoms with Gasteiger partial charge < -0.3 is 10.6 Å². The van der Waals surface area contributed by atoms with Gasteiger partial charge >= 0.3 is 0 Å². The maximum Gasteiger partial charge on any atom is 0.269 e. The Morgan fingerprint density at radius 3 is 2.31 bits per heavy atom. The lowest BCUT2D eigenvalue weighted by molar-refractivity contribution is -0.384. The number of hydrogen-bond donors (Lipinski definition) is 2. The lowest BCUT2D eigenvalue weighted by atomic mass is 10.1. The first-order chi connectivity index (χ1) is 13.9. The molecule has 0 aromatic heterocycles. The Morgan fingerprint density at radius 1 is 0.897 bits per heavy atom. The van der Waals surface area contributed by atoms with Crippen molar-refractivity contribution >= 4 is 23.2 Å². The van der Waals surface area contributed by atoms with Crippen molar-refractivity contribution < 1.29 is 18.9 Å². The highest BCUT2D eigenvalue weighted by Crippen LogP contribution is 2.14. The first-order valence-electron chi connectivity index (χ1n) is 8.61. The molecule has 0 atom stereocenters. The van der Waals surface area contributed by atoms with Crippen LogP contribution in [-0.2, 0) is 6.54 Å². The van der Waals surface area contributed by atoms with E-state index in [9.17, 15) is 24.1 Å². The first kappa shape index (κ1) is 19.7. The molecule has 0 saturated carbocycles. The van der Waals surface area contributed by atoms with E-state index in [0.717, 1.165) is 11.6 Å². The molecule has 146 valence electrons. The van der Waals surface area contributed by atoms with Crippen LogP contribution < -0.4 is 10.6 Å². The highest BCUT2D eigenvalue weighted by molar-refractivity contribution is 6.04. The smallest absolute Gasteiger partial charge is 0.269 e. The molecule has 0 bridgehead atoms. The van der Waals surface area contributed by atoms with Gasteiger partial charge in [0.15, 0.2) is 0 Å². The SMILES string of the molecule is O=C(NCc1cccc(NC(=O)c2cccc(F)c2)c1)c1ccc([N+](=O)[O-])cc1. The summed E-state index contributed by atoms with van der Waals surface area (Å²) in [4.78, 5) is 34.5. The number of nitrogens with one attached hydrogen (secondary N) is 2. The number of carbonyl (C=O) groups excluding carboxylic acids is 2. The number of benzene rings is 3. The van der Waals surface area contributed by atoms with Gasteiger partial charge in [-0.05, 0) is 48.0 Å². The monoisotopic (exact) mass is 393 g/mol. The molecule has 3 rings (SSSR count). The second-order valence-corrected chi connectivity index (χ2v) is 6.15. The zero-order chi connectivity index (χ0) is 20.8. The minimum Gasteiger partial charge on any atom is -0.348 e. The zero-order valence-electron chi connectivity index (χ0n) is 15.1. The van der Waals surface area contributed by atoms with E-state index in [1.807, 2.05) is 0 Å². The van der Waals surface area contributed by atoms with Gasteiger partial charge in [0.2, 0.25) is 0 Å². The lowest BCUT2D eigenvalue weighted by Gasteiger charge is -2.09. The normalized spacial score (nSPS) is 10.2. The van der Waals surface area contributed by atoms with Crippen LogP contribution in [-0.4, -0.2) is 16.7 Å². The van der Waals surface area contributed by atoms with Crippen molar-refractivity contribution in [2.75, 3.05) is 5.32 Å². The van der Waals surface area contributed by atoms with Crippen molar-refractivity contribution in [1.82, 2.24) is 5.32 Å². The van der Waals surface area contributed by atoms with Gasteiger partial charge in [0, 0.05) is 35.5 Å². The molecule has 7 nitrogen and oxygen atoms in total. The fourth-order valence-electron chi connectivity index (χ4n) is 2.61. The number of amides is 2. The van der Waals surface area contributed by atoms with Gasteiger partial charge in [-0.3, -0.25) is 19.7 Å². The Labute approximate surface area is 165 Å². The summed E-state index contributed by atoms with van der Waals surface area (Å²) >= 11 is 0. The van der Waals surface area contributed by atoms with Crippen LogP contribution in [0.5, 0.6) is 0 Å². The molecular formula is C21H16FN3O4. The maximum atomic E-state index is 13.3. The molecule has 0 saturated heterocycles. The zero-order valence-corrected chi connectivity index (χ0v) is 15.1. The predicted octanol–water partition coefficient (Wildman–Crippen LogP) is 3.92. The molecule has 3 aromatic carbocycles. The van der Waals surface area contributed by atoms with Gasteiger partial charge in [0.25, 0.3) is 17.5 Å². The summed E-state index contributed by atoms with van der Waals surface area (Å²) in [5.74, 6) is -1.33. The minimum absolute atomic E-state index is 0.0942. The number of nitro groups is 1. The van der Waals surface area contributed by atoms with E-state index in [2.05, 4.69) is 10.6 Å². The molecule has 0 aliphatic carbocycles. The van der Waals surface area contributed by atoms with Crippen LogP contribution in [0.2, 0.25) is 0 Å². The maximum absolute atomic E-state index is 13.3. The van der Waals surface area contributed by atoms with E-state index < -0.39 is 16.6 Å². The highest BCUT2D eigenvalue weighted by atomic mass is 19.1. The molecule has 29 heavy (non-hydrogen) atoms. The van der Waals surface area contributed by atoms with E-state index in [-0.39, 0.29) is 23.7 Å². The Kier molecular flexibility index (Phi) is 5.94. The number of anilines is 1. The summed E-state index contributed by atoms with van der Waals surface area (Å²) in [5.41, 5.74) is 1.63. The molecule has 3 aromatic rings. The second-order valence-electron chi connectivity index (χ2n) is 6.15. The molecule has 2 N–H and O–H groups in total. The summed E-state index contributed by atoms with van der Waals surface area (Å²) in [7, 11) is 0. The Balaban J connectivity index is 1.61. The van der Waals surface area contributed by atoms with Gasteiger partial charge in [0.05, 0.1) is 4.92 Å². The molecule has 2 amide bonds. The average molecular weight is 393 g/mol. The Hall–Kier alpha value is -4.07. The fraction of sp³-hybridized carbons (Fsp3) is 0.0476. The van der Waals surface area contributed by atoms with Crippen molar-refractivity contribution in [3.63, 3.8) is 0 Å². The summed E-state index contributed by atoms with van der Waals surface area (Å²) < 4.78 is 13.3. The van der Waals surface area contributed by atoms with Crippen LogP contribution in [0.4, 0.5) is 15.8 Å². The number of non-ortho nitro benzene ring substituents is 1. The average Bonchev–Trinajstić information content (AvgIpc) is 2.72. The summed E-state index contributed by atoms with van der Waals surface area (Å²) in [6, 6.07) is 17.5. The van der Waals surface area contributed by atoms with Crippen molar-refractivity contribution in [1.29, 1.82) is 0 Å². The number of halogens is 1. The molecule has 0 aliphatic heterocycles. The molecule has 0 unspecified atom stereocenters. The predicted molar refractivity (Wildman–Crippen MR) is 105 cm³/mol.